The van der Waals surface area contributed by atoms with E-state index in [9.17, 15) is 9.00 Å². The van der Waals surface area contributed by atoms with Crippen LogP contribution in [-0.2, 0) is 15.5 Å². The van der Waals surface area contributed by atoms with Crippen LogP contribution in [0, 0.1) is 5.92 Å². The second kappa shape index (κ2) is 8.29. The number of hydrogen-bond acceptors (Lipinski definition) is 4. The standard InChI is InChI=1S/C16H32N2O3S/c1-12-7-9-18(15(19)21-16(3,4)5)10-8-14(12)17-13(2)11-22(6)20/h12-14,17H,7-11H2,1-6H3/t12-,13-,14+,22+/m1/s1. The molecule has 1 aliphatic rings. The van der Waals surface area contributed by atoms with E-state index in [2.05, 4.69) is 19.2 Å². The molecule has 1 heterocycles. The lowest BCUT2D eigenvalue weighted by Gasteiger charge is -2.27. The maximum Gasteiger partial charge on any atom is 0.410 e. The molecule has 0 aromatic rings. The summed E-state index contributed by atoms with van der Waals surface area (Å²) in [5, 5.41) is 3.58. The first-order chi connectivity index (χ1) is 10.1. The minimum Gasteiger partial charge on any atom is -0.444 e. The fourth-order valence-electron chi connectivity index (χ4n) is 2.77. The molecule has 0 aromatic heterocycles. The van der Waals surface area contributed by atoms with Crippen molar-refractivity contribution in [1.29, 1.82) is 0 Å². The predicted octanol–water partition coefficient (Wildman–Crippen LogP) is 2.38. The Kier molecular flexibility index (Phi) is 7.32. The van der Waals surface area contributed by atoms with E-state index in [1.165, 1.54) is 0 Å². The average Bonchev–Trinajstić information content (AvgIpc) is 2.49. The van der Waals surface area contributed by atoms with Crippen LogP contribution in [0.1, 0.15) is 47.5 Å². The predicted molar refractivity (Wildman–Crippen MR) is 91.5 cm³/mol. The summed E-state index contributed by atoms with van der Waals surface area (Å²) in [5.74, 6) is 1.15. The zero-order chi connectivity index (χ0) is 16.9. The largest absolute Gasteiger partial charge is 0.444 e. The first-order valence-corrected chi connectivity index (χ1v) is 9.85. The van der Waals surface area contributed by atoms with Gasteiger partial charge in [0.2, 0.25) is 0 Å². The van der Waals surface area contributed by atoms with Crippen molar-refractivity contribution in [3.05, 3.63) is 0 Å². The summed E-state index contributed by atoms with van der Waals surface area (Å²) < 4.78 is 16.8. The van der Waals surface area contributed by atoms with Gasteiger partial charge in [-0.2, -0.15) is 0 Å². The van der Waals surface area contributed by atoms with Gasteiger partial charge < -0.3 is 15.0 Å². The number of amides is 1. The summed E-state index contributed by atoms with van der Waals surface area (Å²) in [6, 6.07) is 0.581. The minimum absolute atomic E-state index is 0.219. The van der Waals surface area contributed by atoms with Gasteiger partial charge in [-0.15, -0.1) is 0 Å². The number of hydrogen-bond donors (Lipinski definition) is 1. The van der Waals surface area contributed by atoms with Crippen molar-refractivity contribution in [3.63, 3.8) is 0 Å². The number of nitrogens with one attached hydrogen (secondary N) is 1. The lowest BCUT2D eigenvalue weighted by Crippen LogP contribution is -2.43. The first-order valence-electron chi connectivity index (χ1n) is 8.12. The molecule has 1 aliphatic heterocycles. The number of nitrogens with zero attached hydrogens (tertiary/aromatic N) is 1. The van der Waals surface area contributed by atoms with E-state index < -0.39 is 16.4 Å². The summed E-state index contributed by atoms with van der Waals surface area (Å²) in [6.07, 6.45) is 3.38. The normalized spacial score (nSPS) is 26.2. The Hall–Kier alpha value is -0.620. The van der Waals surface area contributed by atoms with Gasteiger partial charge in [0.05, 0.1) is 0 Å². The summed E-state index contributed by atoms with van der Waals surface area (Å²) in [7, 11) is -0.788. The van der Waals surface area contributed by atoms with Crippen molar-refractivity contribution in [3.8, 4) is 0 Å². The van der Waals surface area contributed by atoms with E-state index in [0.717, 1.165) is 19.4 Å². The number of likely N-dealkylation sites (tertiary alicyclic amines) is 1. The molecule has 0 aromatic carbocycles. The van der Waals surface area contributed by atoms with Crippen molar-refractivity contribution >= 4 is 16.9 Å². The number of rotatable bonds is 4. The van der Waals surface area contributed by atoms with Crippen LogP contribution in [0.2, 0.25) is 0 Å². The van der Waals surface area contributed by atoms with Crippen LogP contribution in [-0.4, -0.2) is 58.0 Å². The summed E-state index contributed by atoms with van der Waals surface area (Å²) in [6.45, 7) is 11.4. The van der Waals surface area contributed by atoms with Crippen molar-refractivity contribution in [2.24, 2.45) is 5.92 Å². The number of carbonyl (C=O) groups excluding carboxylic acids is 1. The van der Waals surface area contributed by atoms with Crippen LogP contribution < -0.4 is 5.32 Å². The maximum atomic E-state index is 12.2. The molecular weight excluding hydrogens is 300 g/mol. The molecular formula is C16H32N2O3S. The zero-order valence-corrected chi connectivity index (χ0v) is 15.7. The molecule has 0 spiro atoms. The highest BCUT2D eigenvalue weighted by Crippen LogP contribution is 2.20. The third kappa shape index (κ3) is 7.09. The van der Waals surface area contributed by atoms with Crippen molar-refractivity contribution in [2.75, 3.05) is 25.1 Å². The van der Waals surface area contributed by atoms with Gasteiger partial charge >= 0.3 is 6.09 Å². The smallest absolute Gasteiger partial charge is 0.410 e. The Morgan fingerprint density at radius 1 is 1.36 bits per heavy atom. The van der Waals surface area contributed by atoms with E-state index in [1.54, 1.807) is 6.26 Å². The summed E-state index contributed by atoms with van der Waals surface area (Å²) >= 11 is 0. The van der Waals surface area contributed by atoms with Gasteiger partial charge in [-0.05, 0) is 46.5 Å². The highest BCUT2D eigenvalue weighted by Gasteiger charge is 2.28. The van der Waals surface area contributed by atoms with Crippen LogP contribution in [0.15, 0.2) is 0 Å². The van der Waals surface area contributed by atoms with E-state index in [4.69, 9.17) is 4.74 Å². The third-order valence-corrected chi connectivity index (χ3v) is 4.86. The van der Waals surface area contributed by atoms with Crippen LogP contribution in [0.5, 0.6) is 0 Å². The quantitative estimate of drug-likeness (QED) is 0.859. The molecule has 130 valence electrons. The highest BCUT2D eigenvalue weighted by molar-refractivity contribution is 7.84. The van der Waals surface area contributed by atoms with Gasteiger partial charge in [0.1, 0.15) is 5.60 Å². The monoisotopic (exact) mass is 332 g/mol. The molecule has 4 atom stereocenters. The van der Waals surface area contributed by atoms with E-state index in [1.807, 2.05) is 25.7 Å². The lowest BCUT2D eigenvalue weighted by atomic mass is 9.96. The van der Waals surface area contributed by atoms with Gasteiger partial charge in [-0.1, -0.05) is 6.92 Å². The molecule has 1 rings (SSSR count). The Bertz CT molecular complexity index is 395. The lowest BCUT2D eigenvalue weighted by molar-refractivity contribution is 0.0255. The fourth-order valence-corrected chi connectivity index (χ4v) is 3.57. The zero-order valence-electron chi connectivity index (χ0n) is 14.8. The van der Waals surface area contributed by atoms with Crippen molar-refractivity contribution in [1.82, 2.24) is 10.2 Å². The molecule has 6 heteroatoms. The molecule has 0 radical (unpaired) electrons. The number of ether oxygens (including phenoxy) is 1. The van der Waals surface area contributed by atoms with E-state index >= 15 is 0 Å². The molecule has 5 nitrogen and oxygen atoms in total. The van der Waals surface area contributed by atoms with Gasteiger partial charge in [-0.25, -0.2) is 4.79 Å². The van der Waals surface area contributed by atoms with E-state index in [0.29, 0.717) is 24.3 Å². The average molecular weight is 333 g/mol. The molecule has 1 amide bonds. The van der Waals surface area contributed by atoms with Crippen LogP contribution in [0.3, 0.4) is 0 Å². The molecule has 0 unspecified atom stereocenters. The SMILES string of the molecule is C[C@H](C[S@](C)=O)N[C@H]1CCN(C(=O)OC(C)(C)C)CC[C@H]1C. The van der Waals surface area contributed by atoms with Crippen molar-refractivity contribution in [2.45, 2.75) is 65.1 Å². The molecule has 0 bridgehead atoms. The van der Waals surface area contributed by atoms with Crippen LogP contribution >= 0.6 is 0 Å². The molecule has 0 aliphatic carbocycles. The summed E-state index contributed by atoms with van der Waals surface area (Å²) in [5.41, 5.74) is -0.452. The first kappa shape index (κ1) is 19.4. The molecule has 0 saturated carbocycles. The maximum absolute atomic E-state index is 12.2. The molecule has 1 N–H and O–H groups in total. The third-order valence-electron chi connectivity index (χ3n) is 3.89. The molecule has 1 fully saturated rings. The topological polar surface area (TPSA) is 58.6 Å². The Balaban J connectivity index is 2.55. The van der Waals surface area contributed by atoms with Gasteiger partial charge in [0.25, 0.3) is 0 Å². The van der Waals surface area contributed by atoms with Crippen molar-refractivity contribution < 1.29 is 13.7 Å². The van der Waals surface area contributed by atoms with E-state index in [-0.39, 0.29) is 12.1 Å². The van der Waals surface area contributed by atoms with Gasteiger partial charge in [0.15, 0.2) is 0 Å². The van der Waals surface area contributed by atoms with Crippen LogP contribution in [0.4, 0.5) is 4.79 Å². The Labute approximate surface area is 137 Å². The summed E-state index contributed by atoms with van der Waals surface area (Å²) in [4.78, 5) is 14.0. The minimum atomic E-state index is -0.788. The van der Waals surface area contributed by atoms with Gasteiger partial charge in [-0.3, -0.25) is 4.21 Å². The van der Waals surface area contributed by atoms with Crippen LogP contribution in [0.25, 0.3) is 0 Å². The molecule has 1 saturated heterocycles. The molecule has 22 heavy (non-hydrogen) atoms. The second-order valence-corrected chi connectivity index (χ2v) is 8.92. The fraction of sp³-hybridized carbons (Fsp3) is 0.938. The number of carbonyl (C=O) groups is 1. The highest BCUT2D eigenvalue weighted by atomic mass is 32.2. The Morgan fingerprint density at radius 3 is 2.50 bits per heavy atom. The second-order valence-electron chi connectivity index (χ2n) is 7.44. The van der Waals surface area contributed by atoms with Gasteiger partial charge in [0, 0.05) is 48.0 Å². The Morgan fingerprint density at radius 2 is 1.95 bits per heavy atom.